The monoisotopic (exact) mass is 333 g/mol. The Labute approximate surface area is 143 Å². The fraction of sp³-hybridized carbons (Fsp3) is 0.118. The molecule has 4 heterocycles. The minimum atomic E-state index is 0.483. The van der Waals surface area contributed by atoms with Gasteiger partial charge in [0.2, 0.25) is 5.95 Å². The van der Waals surface area contributed by atoms with E-state index in [4.69, 9.17) is 4.52 Å². The fourth-order valence-electron chi connectivity index (χ4n) is 2.45. The van der Waals surface area contributed by atoms with E-state index in [-0.39, 0.29) is 0 Å². The minimum Gasteiger partial charge on any atom is -0.364 e. The van der Waals surface area contributed by atoms with Gasteiger partial charge < -0.3 is 9.84 Å². The zero-order valence-corrected chi connectivity index (χ0v) is 13.7. The number of pyridine rings is 1. The van der Waals surface area contributed by atoms with Gasteiger partial charge in [0.25, 0.3) is 0 Å². The van der Waals surface area contributed by atoms with E-state index in [9.17, 15) is 0 Å². The van der Waals surface area contributed by atoms with Crippen LogP contribution in [0.3, 0.4) is 0 Å². The Balaban J connectivity index is 1.69. The first kappa shape index (κ1) is 15.0. The molecule has 8 heteroatoms. The van der Waals surface area contributed by atoms with Gasteiger partial charge in [-0.2, -0.15) is 5.10 Å². The molecule has 4 rings (SSSR count). The van der Waals surface area contributed by atoms with Crippen LogP contribution in [0.4, 0.5) is 11.6 Å². The Morgan fingerprint density at radius 2 is 1.88 bits per heavy atom. The zero-order valence-electron chi connectivity index (χ0n) is 13.7. The molecule has 0 spiro atoms. The largest absolute Gasteiger partial charge is 0.364 e. The van der Waals surface area contributed by atoms with Crippen LogP contribution in [0.1, 0.15) is 5.56 Å². The molecule has 0 aliphatic carbocycles. The highest BCUT2D eigenvalue weighted by Crippen LogP contribution is 2.23. The summed E-state index contributed by atoms with van der Waals surface area (Å²) in [5.41, 5.74) is 4.77. The summed E-state index contributed by atoms with van der Waals surface area (Å²) >= 11 is 0. The number of hydrogen-bond donors (Lipinski definition) is 1. The molecule has 124 valence electrons. The van der Waals surface area contributed by atoms with Crippen molar-refractivity contribution >= 4 is 11.6 Å². The molecule has 4 aromatic heterocycles. The van der Waals surface area contributed by atoms with Crippen LogP contribution in [0.15, 0.2) is 53.6 Å². The first-order valence-corrected chi connectivity index (χ1v) is 7.66. The molecule has 0 aliphatic rings. The zero-order chi connectivity index (χ0) is 17.2. The summed E-state index contributed by atoms with van der Waals surface area (Å²) < 4.78 is 6.62. The van der Waals surface area contributed by atoms with Crippen molar-refractivity contribution in [3.05, 3.63) is 54.7 Å². The summed E-state index contributed by atoms with van der Waals surface area (Å²) in [4.78, 5) is 13.4. The van der Waals surface area contributed by atoms with Crippen LogP contribution in [0.25, 0.3) is 22.8 Å². The average molecular weight is 333 g/mol. The number of nitrogens with zero attached hydrogens (tertiary/aromatic N) is 6. The molecule has 0 atom stereocenters. The standard InChI is InChI=1S/C17H15N7O/c1-11-7-15(21-16(8-11)14-4-6-25-23-14)13-3-5-18-17(22-13)20-12-9-19-24(2)10-12/h3-10H,1-2H3,(H,18,20,22). The average Bonchev–Trinajstić information content (AvgIpc) is 3.27. The van der Waals surface area contributed by atoms with Crippen molar-refractivity contribution in [3.8, 4) is 22.8 Å². The van der Waals surface area contributed by atoms with E-state index in [1.54, 1.807) is 23.1 Å². The lowest BCUT2D eigenvalue weighted by molar-refractivity contribution is 0.422. The molecule has 0 aliphatic heterocycles. The van der Waals surface area contributed by atoms with Gasteiger partial charge in [0.15, 0.2) is 0 Å². The van der Waals surface area contributed by atoms with Crippen LogP contribution >= 0.6 is 0 Å². The van der Waals surface area contributed by atoms with Crippen molar-refractivity contribution in [2.45, 2.75) is 6.92 Å². The van der Waals surface area contributed by atoms with Crippen molar-refractivity contribution in [3.63, 3.8) is 0 Å². The number of rotatable bonds is 4. The Hall–Kier alpha value is -3.55. The molecule has 0 radical (unpaired) electrons. The van der Waals surface area contributed by atoms with Crippen LogP contribution in [0.2, 0.25) is 0 Å². The Morgan fingerprint density at radius 3 is 2.60 bits per heavy atom. The molecule has 0 amide bonds. The topological polar surface area (TPSA) is 94.5 Å². The SMILES string of the molecule is Cc1cc(-c2ccon2)nc(-c2ccnc(Nc3cnn(C)c3)n2)c1. The molecule has 0 fully saturated rings. The maximum Gasteiger partial charge on any atom is 0.227 e. The first-order valence-electron chi connectivity index (χ1n) is 7.66. The number of aryl methyl sites for hydroxylation is 2. The highest BCUT2D eigenvalue weighted by Gasteiger charge is 2.10. The van der Waals surface area contributed by atoms with Gasteiger partial charge in [0.05, 0.1) is 29.0 Å². The van der Waals surface area contributed by atoms with Crippen molar-refractivity contribution in [2.24, 2.45) is 7.05 Å². The Kier molecular flexibility index (Phi) is 3.70. The second-order valence-corrected chi connectivity index (χ2v) is 5.59. The van der Waals surface area contributed by atoms with Gasteiger partial charge in [-0.25, -0.2) is 15.0 Å². The number of anilines is 2. The second-order valence-electron chi connectivity index (χ2n) is 5.59. The number of aromatic nitrogens is 6. The smallest absolute Gasteiger partial charge is 0.227 e. The summed E-state index contributed by atoms with van der Waals surface area (Å²) in [6, 6.07) is 7.53. The lowest BCUT2D eigenvalue weighted by Gasteiger charge is -2.07. The van der Waals surface area contributed by atoms with Crippen LogP contribution in [0, 0.1) is 6.92 Å². The molecule has 0 saturated heterocycles. The van der Waals surface area contributed by atoms with E-state index in [2.05, 4.69) is 30.5 Å². The van der Waals surface area contributed by atoms with E-state index in [0.717, 1.165) is 28.3 Å². The summed E-state index contributed by atoms with van der Waals surface area (Å²) in [6.07, 6.45) is 6.79. The van der Waals surface area contributed by atoms with E-state index in [1.807, 2.05) is 38.4 Å². The van der Waals surface area contributed by atoms with Crippen molar-refractivity contribution < 1.29 is 4.52 Å². The molecule has 0 unspecified atom stereocenters. The minimum absolute atomic E-state index is 0.483. The summed E-state index contributed by atoms with van der Waals surface area (Å²) in [5.74, 6) is 0.483. The van der Waals surface area contributed by atoms with Crippen LogP contribution < -0.4 is 5.32 Å². The predicted octanol–water partition coefficient (Wildman–Crippen LogP) is 2.98. The maximum absolute atomic E-state index is 4.91. The van der Waals surface area contributed by atoms with Gasteiger partial charge >= 0.3 is 0 Å². The lowest BCUT2D eigenvalue weighted by Crippen LogP contribution is -1.99. The van der Waals surface area contributed by atoms with E-state index < -0.39 is 0 Å². The van der Waals surface area contributed by atoms with Crippen molar-refractivity contribution in [1.82, 2.24) is 29.9 Å². The predicted molar refractivity (Wildman–Crippen MR) is 92.0 cm³/mol. The van der Waals surface area contributed by atoms with Crippen molar-refractivity contribution in [1.29, 1.82) is 0 Å². The van der Waals surface area contributed by atoms with E-state index in [0.29, 0.717) is 11.6 Å². The van der Waals surface area contributed by atoms with E-state index in [1.165, 1.54) is 6.26 Å². The highest BCUT2D eigenvalue weighted by atomic mass is 16.5. The van der Waals surface area contributed by atoms with Crippen LogP contribution in [-0.4, -0.2) is 29.9 Å². The number of nitrogens with one attached hydrogen (secondary N) is 1. The first-order chi connectivity index (χ1) is 12.2. The van der Waals surface area contributed by atoms with Crippen LogP contribution in [-0.2, 0) is 7.05 Å². The molecule has 8 nitrogen and oxygen atoms in total. The van der Waals surface area contributed by atoms with Crippen molar-refractivity contribution in [2.75, 3.05) is 5.32 Å². The normalized spacial score (nSPS) is 10.8. The third-order valence-electron chi connectivity index (χ3n) is 3.55. The molecule has 4 aromatic rings. The van der Waals surface area contributed by atoms with Gasteiger partial charge in [-0.3, -0.25) is 4.68 Å². The molecular weight excluding hydrogens is 318 g/mol. The Morgan fingerprint density at radius 1 is 1.04 bits per heavy atom. The fourth-order valence-corrected chi connectivity index (χ4v) is 2.45. The molecular formula is C17H15N7O. The van der Waals surface area contributed by atoms with Crippen LogP contribution in [0.5, 0.6) is 0 Å². The Bertz CT molecular complexity index is 1010. The molecule has 1 N–H and O–H groups in total. The third-order valence-corrected chi connectivity index (χ3v) is 3.55. The molecule has 0 saturated carbocycles. The molecule has 0 bridgehead atoms. The quantitative estimate of drug-likeness (QED) is 0.613. The van der Waals surface area contributed by atoms with E-state index >= 15 is 0 Å². The molecule has 25 heavy (non-hydrogen) atoms. The highest BCUT2D eigenvalue weighted by molar-refractivity contribution is 5.64. The van der Waals surface area contributed by atoms with Gasteiger partial charge in [0, 0.05) is 25.5 Å². The molecule has 0 aromatic carbocycles. The van der Waals surface area contributed by atoms with Gasteiger partial charge in [-0.05, 0) is 30.7 Å². The van der Waals surface area contributed by atoms with Gasteiger partial charge in [-0.1, -0.05) is 5.16 Å². The second kappa shape index (κ2) is 6.16. The maximum atomic E-state index is 4.91. The summed E-state index contributed by atoms with van der Waals surface area (Å²) in [6.45, 7) is 2.00. The summed E-state index contributed by atoms with van der Waals surface area (Å²) in [5, 5.41) is 11.2. The number of hydrogen-bond acceptors (Lipinski definition) is 7. The van der Waals surface area contributed by atoms with Gasteiger partial charge in [0.1, 0.15) is 12.0 Å². The van der Waals surface area contributed by atoms with Gasteiger partial charge in [-0.15, -0.1) is 0 Å². The lowest BCUT2D eigenvalue weighted by atomic mass is 10.1. The summed E-state index contributed by atoms with van der Waals surface area (Å²) in [7, 11) is 1.85. The third kappa shape index (κ3) is 3.23.